The van der Waals surface area contributed by atoms with Gasteiger partial charge in [-0.05, 0) is 30.7 Å². The number of carbonyl (C=O) groups excluding carboxylic acids is 1. The van der Waals surface area contributed by atoms with Crippen LogP contribution in [0.15, 0.2) is 18.2 Å². The highest BCUT2D eigenvalue weighted by Crippen LogP contribution is 2.55. The van der Waals surface area contributed by atoms with E-state index in [-0.39, 0.29) is 16.9 Å². The zero-order chi connectivity index (χ0) is 17.3. The number of nitrogens with one attached hydrogen (secondary N) is 1. The first-order chi connectivity index (χ1) is 10.8. The summed E-state index contributed by atoms with van der Waals surface area (Å²) in [5.74, 6) is 0.692. The summed E-state index contributed by atoms with van der Waals surface area (Å²) in [7, 11) is 1.76. The van der Waals surface area contributed by atoms with E-state index in [2.05, 4.69) is 39.1 Å². The Bertz CT molecular complexity index is 667. The minimum Gasteiger partial charge on any atom is -0.489 e. The number of nitrogens with zero attached hydrogens (tertiary/aromatic N) is 1. The lowest BCUT2D eigenvalue weighted by Gasteiger charge is -2.56. The minimum absolute atomic E-state index is 0.0797. The molecule has 0 radical (unpaired) electrons. The van der Waals surface area contributed by atoms with Crippen LogP contribution in [0.25, 0.3) is 6.08 Å². The van der Waals surface area contributed by atoms with Gasteiger partial charge in [-0.25, -0.2) is 0 Å². The van der Waals surface area contributed by atoms with E-state index in [9.17, 15) is 10.1 Å². The maximum absolute atomic E-state index is 10.7. The zero-order valence-corrected chi connectivity index (χ0v) is 14.4. The Morgan fingerprint density at radius 3 is 2.43 bits per heavy atom. The summed E-state index contributed by atoms with van der Waals surface area (Å²) in [6.07, 6.45) is 5.00. The number of hydrogen-bond acceptors (Lipinski definition) is 4. The van der Waals surface area contributed by atoms with Crippen molar-refractivity contribution in [2.45, 2.75) is 40.2 Å². The third-order valence-electron chi connectivity index (χ3n) is 4.49. The van der Waals surface area contributed by atoms with Crippen LogP contribution in [-0.4, -0.2) is 19.4 Å². The molecule has 1 saturated carbocycles. The molecule has 1 aliphatic carbocycles. The number of ether oxygens (including phenoxy) is 1. The van der Waals surface area contributed by atoms with Gasteiger partial charge in [0.15, 0.2) is 0 Å². The highest BCUT2D eigenvalue weighted by atomic mass is 16.5. The molecule has 1 fully saturated rings. The largest absolute Gasteiger partial charge is 0.489 e. The van der Waals surface area contributed by atoms with E-state index in [1.807, 2.05) is 6.07 Å². The van der Waals surface area contributed by atoms with Crippen molar-refractivity contribution in [3.05, 3.63) is 29.3 Å². The van der Waals surface area contributed by atoms with Gasteiger partial charge >= 0.3 is 0 Å². The van der Waals surface area contributed by atoms with E-state index in [4.69, 9.17) is 4.74 Å². The van der Waals surface area contributed by atoms with Crippen molar-refractivity contribution in [3.8, 4) is 11.8 Å². The molecule has 1 aliphatic rings. The molecule has 0 spiro atoms. The van der Waals surface area contributed by atoms with E-state index < -0.39 is 0 Å². The molecule has 0 unspecified atom stereocenters. The van der Waals surface area contributed by atoms with Crippen LogP contribution in [0.5, 0.6) is 5.75 Å². The predicted octanol–water partition coefficient (Wildman–Crippen LogP) is 4.02. The van der Waals surface area contributed by atoms with E-state index in [1.54, 1.807) is 19.2 Å². The van der Waals surface area contributed by atoms with Gasteiger partial charge in [0.2, 0.25) is 0 Å². The lowest BCUT2D eigenvalue weighted by atomic mass is 9.53. The first-order valence-corrected chi connectivity index (χ1v) is 7.80. The first kappa shape index (κ1) is 17.1. The Balaban J connectivity index is 2.48. The normalized spacial score (nSPS) is 19.0. The number of benzene rings is 1. The van der Waals surface area contributed by atoms with Crippen LogP contribution in [0.4, 0.5) is 5.69 Å². The van der Waals surface area contributed by atoms with Gasteiger partial charge < -0.3 is 10.1 Å². The van der Waals surface area contributed by atoms with E-state index in [0.717, 1.165) is 18.3 Å². The molecule has 0 aliphatic heterocycles. The molecule has 0 heterocycles. The number of nitriles is 1. The Kier molecular flexibility index (Phi) is 4.51. The molecule has 0 saturated heterocycles. The van der Waals surface area contributed by atoms with Crippen molar-refractivity contribution in [3.63, 3.8) is 0 Å². The van der Waals surface area contributed by atoms with Crippen molar-refractivity contribution in [2.75, 3.05) is 12.4 Å². The second-order valence-electron chi connectivity index (χ2n) is 7.41. The summed E-state index contributed by atoms with van der Waals surface area (Å²) in [5.41, 5.74) is 2.14. The van der Waals surface area contributed by atoms with Crippen LogP contribution < -0.4 is 10.1 Å². The highest BCUT2D eigenvalue weighted by molar-refractivity contribution is 5.83. The fraction of sp³-hybridized carbons (Fsp3) is 0.474. The molecule has 1 N–H and O–H groups in total. The molecule has 0 amide bonds. The molecular weight excluding hydrogens is 288 g/mol. The molecule has 4 heteroatoms. The maximum Gasteiger partial charge on any atom is 0.142 e. The number of anilines is 1. The van der Waals surface area contributed by atoms with Gasteiger partial charge in [-0.15, -0.1) is 0 Å². The number of aldehydes is 1. The van der Waals surface area contributed by atoms with Crippen LogP contribution >= 0.6 is 0 Å². The van der Waals surface area contributed by atoms with Gasteiger partial charge in [0.1, 0.15) is 24.2 Å². The summed E-state index contributed by atoms with van der Waals surface area (Å²) in [4.78, 5) is 10.7. The van der Waals surface area contributed by atoms with Gasteiger partial charge in [0, 0.05) is 23.4 Å². The summed E-state index contributed by atoms with van der Waals surface area (Å²) in [6.45, 7) is 8.80. The molecule has 23 heavy (non-hydrogen) atoms. The number of hydrogen-bond donors (Lipinski definition) is 1. The fourth-order valence-corrected chi connectivity index (χ4v) is 4.10. The van der Waals surface area contributed by atoms with Crippen molar-refractivity contribution < 1.29 is 9.53 Å². The van der Waals surface area contributed by atoms with Gasteiger partial charge in [-0.2, -0.15) is 5.26 Å². The Morgan fingerprint density at radius 2 is 1.96 bits per heavy atom. The van der Waals surface area contributed by atoms with Crippen molar-refractivity contribution in [1.29, 1.82) is 5.26 Å². The molecule has 0 bridgehead atoms. The summed E-state index contributed by atoms with van der Waals surface area (Å²) in [6, 6.07) is 5.73. The Hall–Kier alpha value is -2.28. The van der Waals surface area contributed by atoms with Crippen molar-refractivity contribution >= 4 is 18.0 Å². The van der Waals surface area contributed by atoms with Crippen LogP contribution in [0, 0.1) is 22.2 Å². The van der Waals surface area contributed by atoms with Crippen molar-refractivity contribution in [2.24, 2.45) is 10.8 Å². The van der Waals surface area contributed by atoms with Crippen molar-refractivity contribution in [1.82, 2.24) is 0 Å². The smallest absolute Gasteiger partial charge is 0.142 e. The molecular formula is C19H24N2O2. The third-order valence-corrected chi connectivity index (χ3v) is 4.49. The highest BCUT2D eigenvalue weighted by Gasteiger charge is 2.55. The summed E-state index contributed by atoms with van der Waals surface area (Å²) >= 11 is 0. The lowest BCUT2D eigenvalue weighted by molar-refractivity contribution is -0.133. The molecule has 2 rings (SSSR count). The van der Waals surface area contributed by atoms with E-state index in [1.165, 1.54) is 6.08 Å². The second-order valence-corrected chi connectivity index (χ2v) is 7.41. The summed E-state index contributed by atoms with van der Waals surface area (Å²) < 4.78 is 6.33. The topological polar surface area (TPSA) is 62.1 Å². The standard InChI is InChI=1S/C19H24N2O2/c1-18(2)12-19(3,4)17(18)23-15-9-8-13(11-20)16(21-5)14(15)7-6-10-22/h6-10,17,21H,12H2,1-5H3/b7-6-. The van der Waals surface area contributed by atoms with Gasteiger partial charge in [0.25, 0.3) is 0 Å². The molecule has 0 atom stereocenters. The van der Waals surface area contributed by atoms with Crippen LogP contribution in [0.1, 0.15) is 45.2 Å². The van der Waals surface area contributed by atoms with Gasteiger partial charge in [0.05, 0.1) is 11.3 Å². The molecule has 1 aromatic carbocycles. The molecule has 0 aromatic heterocycles. The van der Waals surface area contributed by atoms with Crippen LogP contribution in [0.2, 0.25) is 0 Å². The van der Waals surface area contributed by atoms with E-state index in [0.29, 0.717) is 17.0 Å². The average Bonchev–Trinajstić information content (AvgIpc) is 2.48. The van der Waals surface area contributed by atoms with E-state index >= 15 is 0 Å². The quantitative estimate of drug-likeness (QED) is 0.659. The second kappa shape index (κ2) is 6.08. The number of rotatable bonds is 5. The lowest BCUT2D eigenvalue weighted by Crippen LogP contribution is -2.58. The number of allylic oxidation sites excluding steroid dienone is 1. The van der Waals surface area contributed by atoms with Crippen LogP contribution in [-0.2, 0) is 4.79 Å². The summed E-state index contributed by atoms with van der Waals surface area (Å²) in [5, 5.41) is 12.3. The third kappa shape index (κ3) is 3.10. The zero-order valence-electron chi connectivity index (χ0n) is 14.4. The van der Waals surface area contributed by atoms with Crippen LogP contribution in [0.3, 0.4) is 0 Å². The monoisotopic (exact) mass is 312 g/mol. The predicted molar refractivity (Wildman–Crippen MR) is 92.4 cm³/mol. The maximum atomic E-state index is 10.7. The molecule has 122 valence electrons. The number of carbonyl (C=O) groups is 1. The first-order valence-electron chi connectivity index (χ1n) is 7.80. The fourth-order valence-electron chi connectivity index (χ4n) is 4.10. The minimum atomic E-state index is 0.0797. The van der Waals surface area contributed by atoms with Gasteiger partial charge in [-0.3, -0.25) is 4.79 Å². The Labute approximate surface area is 138 Å². The average molecular weight is 312 g/mol. The molecule has 1 aromatic rings. The molecule has 4 nitrogen and oxygen atoms in total. The Morgan fingerprint density at radius 1 is 1.30 bits per heavy atom. The SMILES string of the molecule is CNc1c(C#N)ccc(OC2C(C)(C)CC2(C)C)c1/C=C\C=O. The van der Waals surface area contributed by atoms with Gasteiger partial charge in [-0.1, -0.05) is 27.7 Å².